The summed E-state index contributed by atoms with van der Waals surface area (Å²) in [5.41, 5.74) is 2.40. The third-order valence-corrected chi connectivity index (χ3v) is 7.60. The molecule has 2 aliphatic rings. The van der Waals surface area contributed by atoms with Gasteiger partial charge < -0.3 is 14.4 Å². The number of thiophene rings is 1. The van der Waals surface area contributed by atoms with Crippen LogP contribution in [0.3, 0.4) is 0 Å². The zero-order valence-electron chi connectivity index (χ0n) is 16.6. The molecular weight excluding hydrogens is 422 g/mol. The first-order valence-corrected chi connectivity index (χ1v) is 11.5. The van der Waals surface area contributed by atoms with Crippen molar-refractivity contribution in [3.05, 3.63) is 55.6 Å². The summed E-state index contributed by atoms with van der Waals surface area (Å²) in [5, 5.41) is 11.3. The van der Waals surface area contributed by atoms with Crippen molar-refractivity contribution in [1.29, 1.82) is 0 Å². The van der Waals surface area contributed by atoms with Crippen LogP contribution in [0.4, 0.5) is 0 Å². The maximum Gasteiger partial charge on any atom is 0.343 e. The van der Waals surface area contributed by atoms with E-state index in [-0.39, 0.29) is 23.6 Å². The Morgan fingerprint density at radius 3 is 2.83 bits per heavy atom. The van der Waals surface area contributed by atoms with E-state index in [1.165, 1.54) is 5.56 Å². The lowest BCUT2D eigenvalue weighted by molar-refractivity contribution is 0.0524. The Labute approximate surface area is 182 Å². The van der Waals surface area contributed by atoms with Crippen molar-refractivity contribution in [3.63, 3.8) is 0 Å². The number of benzene rings is 1. The van der Waals surface area contributed by atoms with Crippen molar-refractivity contribution in [2.75, 3.05) is 6.61 Å². The molecule has 1 atom stereocenters. The minimum absolute atomic E-state index is 0.0507. The van der Waals surface area contributed by atoms with Gasteiger partial charge in [0.05, 0.1) is 23.3 Å². The fraction of sp³-hybridized carbons (Fsp3) is 0.391. The minimum atomic E-state index is -0.598. The van der Waals surface area contributed by atoms with Crippen molar-refractivity contribution < 1.29 is 14.6 Å². The summed E-state index contributed by atoms with van der Waals surface area (Å²) in [4.78, 5) is 27.4. The van der Waals surface area contributed by atoms with Gasteiger partial charge in [-0.25, -0.2) is 4.79 Å². The third-order valence-electron chi connectivity index (χ3n) is 5.90. The molecule has 7 heteroatoms. The van der Waals surface area contributed by atoms with Gasteiger partial charge in [0.2, 0.25) is 5.43 Å². The van der Waals surface area contributed by atoms with Crippen LogP contribution in [0.25, 0.3) is 21.3 Å². The number of ether oxygens (including phenoxy) is 1. The molecule has 2 heterocycles. The van der Waals surface area contributed by atoms with Gasteiger partial charge in [-0.3, -0.25) is 4.79 Å². The van der Waals surface area contributed by atoms with Gasteiger partial charge in [-0.1, -0.05) is 17.7 Å². The molecule has 156 valence electrons. The zero-order chi connectivity index (χ0) is 21.0. The van der Waals surface area contributed by atoms with Crippen molar-refractivity contribution >= 4 is 39.8 Å². The van der Waals surface area contributed by atoms with Gasteiger partial charge in [0.25, 0.3) is 0 Å². The van der Waals surface area contributed by atoms with Gasteiger partial charge >= 0.3 is 5.97 Å². The smallest absolute Gasteiger partial charge is 0.343 e. The zero-order valence-corrected chi connectivity index (χ0v) is 18.2. The van der Waals surface area contributed by atoms with E-state index < -0.39 is 12.1 Å². The molecule has 1 saturated carbocycles. The number of aliphatic hydroxyl groups excluding tert-OH is 1. The van der Waals surface area contributed by atoms with Gasteiger partial charge in [-0.05, 0) is 56.7 Å². The topological polar surface area (TPSA) is 68.5 Å². The molecule has 0 bridgehead atoms. The Morgan fingerprint density at radius 1 is 1.33 bits per heavy atom. The highest BCUT2D eigenvalue weighted by molar-refractivity contribution is 7.15. The molecule has 2 aromatic heterocycles. The van der Waals surface area contributed by atoms with E-state index in [0.29, 0.717) is 15.9 Å². The maximum absolute atomic E-state index is 13.0. The summed E-state index contributed by atoms with van der Waals surface area (Å²) >= 11 is 8.46. The largest absolute Gasteiger partial charge is 0.462 e. The molecule has 30 heavy (non-hydrogen) atoms. The number of pyridine rings is 1. The molecule has 2 aliphatic carbocycles. The molecule has 0 radical (unpaired) electrons. The average molecular weight is 444 g/mol. The van der Waals surface area contributed by atoms with Crippen LogP contribution in [0.2, 0.25) is 5.02 Å². The summed E-state index contributed by atoms with van der Waals surface area (Å²) in [6.07, 6.45) is 5.90. The second kappa shape index (κ2) is 7.52. The third kappa shape index (κ3) is 3.18. The van der Waals surface area contributed by atoms with Crippen LogP contribution in [-0.4, -0.2) is 22.2 Å². The van der Waals surface area contributed by atoms with Gasteiger partial charge in [0.1, 0.15) is 5.56 Å². The fourth-order valence-electron chi connectivity index (χ4n) is 4.26. The summed E-state index contributed by atoms with van der Waals surface area (Å²) in [6.45, 7) is 1.94. The highest BCUT2D eigenvalue weighted by atomic mass is 35.5. The number of fused-ring (bicyclic) bond motifs is 2. The molecule has 0 amide bonds. The molecule has 5 rings (SSSR count). The van der Waals surface area contributed by atoms with Crippen LogP contribution in [-0.2, 0) is 11.2 Å². The van der Waals surface area contributed by atoms with E-state index in [4.69, 9.17) is 16.3 Å². The van der Waals surface area contributed by atoms with Crippen LogP contribution in [0.5, 0.6) is 0 Å². The van der Waals surface area contributed by atoms with Crippen LogP contribution >= 0.6 is 22.9 Å². The second-order valence-corrected chi connectivity index (χ2v) is 9.42. The van der Waals surface area contributed by atoms with Crippen molar-refractivity contribution in [2.24, 2.45) is 0 Å². The van der Waals surface area contributed by atoms with Crippen LogP contribution in [0, 0.1) is 0 Å². The molecule has 0 aliphatic heterocycles. The number of aliphatic hydroxyl groups is 1. The van der Waals surface area contributed by atoms with Crippen LogP contribution in [0.1, 0.15) is 65.6 Å². The molecule has 1 N–H and O–H groups in total. The number of halogens is 1. The Hall–Kier alpha value is -2.15. The van der Waals surface area contributed by atoms with Gasteiger partial charge in [0.15, 0.2) is 0 Å². The van der Waals surface area contributed by atoms with Crippen LogP contribution in [0.15, 0.2) is 29.2 Å². The standard InChI is InChI=1S/C23H22ClNO4S/c1-2-29-23(28)16-11-25(13-6-7-13)20-15(21(16)27)9-8-14(19(20)24)18-10-12-4-3-5-17(26)22(12)30-18/h8-11,13,17,26H,2-7H2,1H3. The summed E-state index contributed by atoms with van der Waals surface area (Å²) in [6, 6.07) is 5.95. The average Bonchev–Trinajstić information content (AvgIpc) is 3.47. The van der Waals surface area contributed by atoms with Gasteiger partial charge in [-0.15, -0.1) is 11.3 Å². The number of esters is 1. The highest BCUT2D eigenvalue weighted by Crippen LogP contribution is 2.45. The first-order valence-electron chi connectivity index (χ1n) is 10.3. The molecule has 3 aromatic rings. The Kier molecular flexibility index (Phi) is 4.96. The number of carbonyl (C=O) groups is 1. The van der Waals surface area contributed by atoms with Gasteiger partial charge in [-0.2, -0.15) is 0 Å². The van der Waals surface area contributed by atoms with E-state index in [1.807, 2.05) is 10.6 Å². The molecule has 1 fully saturated rings. The lowest BCUT2D eigenvalue weighted by atomic mass is 9.96. The first-order chi connectivity index (χ1) is 14.5. The SMILES string of the molecule is CCOC(=O)c1cn(C2CC2)c2c(Cl)c(-c3cc4c(s3)C(O)CCC4)ccc2c1=O. The minimum Gasteiger partial charge on any atom is -0.462 e. The molecular formula is C23H22ClNO4S. The first kappa shape index (κ1) is 19.8. The Bertz CT molecular complexity index is 1220. The maximum atomic E-state index is 13.0. The van der Waals surface area contributed by atoms with Gasteiger partial charge in [0, 0.05) is 32.9 Å². The normalized spacial score (nSPS) is 18.4. The van der Waals surface area contributed by atoms with Crippen molar-refractivity contribution in [3.8, 4) is 10.4 Å². The molecule has 0 spiro atoms. The fourth-order valence-corrected chi connectivity index (χ4v) is 5.95. The second-order valence-electron chi connectivity index (χ2n) is 7.96. The number of carbonyl (C=O) groups excluding carboxylic acids is 1. The van der Waals surface area contributed by atoms with E-state index in [0.717, 1.165) is 47.4 Å². The lowest BCUT2D eigenvalue weighted by Gasteiger charge is -2.16. The lowest BCUT2D eigenvalue weighted by Crippen LogP contribution is -2.21. The number of aromatic nitrogens is 1. The molecule has 1 unspecified atom stereocenters. The monoisotopic (exact) mass is 443 g/mol. The number of nitrogens with zero attached hydrogens (tertiary/aromatic N) is 1. The summed E-state index contributed by atoms with van der Waals surface area (Å²) < 4.78 is 7.05. The van der Waals surface area contributed by atoms with E-state index >= 15 is 0 Å². The number of rotatable bonds is 4. The van der Waals surface area contributed by atoms with Crippen molar-refractivity contribution in [1.82, 2.24) is 4.57 Å². The Balaban J connectivity index is 1.71. The predicted octanol–water partition coefficient (Wildman–Crippen LogP) is 5.26. The number of hydrogen-bond donors (Lipinski definition) is 1. The van der Waals surface area contributed by atoms with Crippen molar-refractivity contribution in [2.45, 2.75) is 51.2 Å². The molecule has 1 aromatic carbocycles. The van der Waals surface area contributed by atoms with Crippen LogP contribution < -0.4 is 5.43 Å². The number of hydrogen-bond acceptors (Lipinski definition) is 5. The van der Waals surface area contributed by atoms with E-state index in [1.54, 1.807) is 30.5 Å². The van der Waals surface area contributed by atoms with E-state index in [2.05, 4.69) is 6.07 Å². The molecule has 5 nitrogen and oxygen atoms in total. The quantitative estimate of drug-likeness (QED) is 0.558. The van der Waals surface area contributed by atoms with E-state index in [9.17, 15) is 14.7 Å². The summed E-state index contributed by atoms with van der Waals surface area (Å²) in [5.74, 6) is -0.598. The molecule has 0 saturated heterocycles. The Morgan fingerprint density at radius 2 is 2.13 bits per heavy atom. The highest BCUT2D eigenvalue weighted by Gasteiger charge is 2.29. The summed E-state index contributed by atoms with van der Waals surface area (Å²) in [7, 11) is 0. The number of aryl methyl sites for hydroxylation is 1. The predicted molar refractivity (Wildman–Crippen MR) is 119 cm³/mol.